The number of hydrogen-bond acceptors (Lipinski definition) is 4. The van der Waals surface area contributed by atoms with Gasteiger partial charge < -0.3 is 4.74 Å². The minimum atomic E-state index is 0.743. The number of aromatic nitrogens is 4. The molecule has 0 aliphatic carbocycles. The molecule has 0 spiro atoms. The van der Waals surface area contributed by atoms with Gasteiger partial charge in [-0.3, -0.25) is 9.38 Å². The number of fused-ring (bicyclic) bond motifs is 8. The highest BCUT2D eigenvalue weighted by Gasteiger charge is 2.15. The fraction of sp³-hybridized carbons (Fsp3) is 0. The zero-order valence-corrected chi connectivity index (χ0v) is 21.4. The third-order valence-electron chi connectivity index (χ3n) is 7.31. The molecule has 0 unspecified atom stereocenters. The average molecular weight is 515 g/mol. The Labute approximate surface area is 230 Å². The largest absolute Gasteiger partial charge is 0.457 e. The summed E-state index contributed by atoms with van der Waals surface area (Å²) in [6.45, 7) is 0. The lowest BCUT2D eigenvalue weighted by atomic mass is 10.0. The van der Waals surface area contributed by atoms with Crippen molar-refractivity contribution in [2.45, 2.75) is 0 Å². The Morgan fingerprint density at radius 3 is 2.30 bits per heavy atom. The van der Waals surface area contributed by atoms with E-state index in [9.17, 15) is 0 Å². The maximum Gasteiger partial charge on any atom is 0.147 e. The zero-order chi connectivity index (χ0) is 26.5. The SMILES string of the molecule is c1ccc(-c2ccnc(-c3cccc(Oc4ccc5c6cccnc6n6c7ccccc7nc6c5c4)c3)c2)cc1. The molecule has 4 aromatic carbocycles. The summed E-state index contributed by atoms with van der Waals surface area (Å²) in [5.74, 6) is 1.49. The van der Waals surface area contributed by atoms with Crippen molar-refractivity contribution in [3.05, 3.63) is 134 Å². The highest BCUT2D eigenvalue weighted by molar-refractivity contribution is 6.13. The predicted octanol–water partition coefficient (Wildman–Crippen LogP) is 8.71. The van der Waals surface area contributed by atoms with Crippen LogP contribution in [0.4, 0.5) is 0 Å². The lowest BCUT2D eigenvalue weighted by Gasteiger charge is -2.11. The lowest BCUT2D eigenvalue weighted by molar-refractivity contribution is 0.483. The van der Waals surface area contributed by atoms with Crippen molar-refractivity contribution >= 4 is 38.5 Å². The van der Waals surface area contributed by atoms with Gasteiger partial charge in [0.05, 0.1) is 16.7 Å². The van der Waals surface area contributed by atoms with Crippen molar-refractivity contribution in [2.75, 3.05) is 0 Å². The normalized spacial score (nSPS) is 11.5. The number of nitrogens with zero attached hydrogens (tertiary/aromatic N) is 4. The molecule has 0 amide bonds. The minimum absolute atomic E-state index is 0.743. The summed E-state index contributed by atoms with van der Waals surface area (Å²) in [7, 11) is 0. The van der Waals surface area contributed by atoms with Crippen LogP contribution in [0.15, 0.2) is 134 Å². The van der Waals surface area contributed by atoms with Crippen LogP contribution in [-0.2, 0) is 0 Å². The van der Waals surface area contributed by atoms with Gasteiger partial charge in [-0.2, -0.15) is 0 Å². The van der Waals surface area contributed by atoms with Crippen molar-refractivity contribution in [1.29, 1.82) is 0 Å². The van der Waals surface area contributed by atoms with Crippen LogP contribution in [0.3, 0.4) is 0 Å². The van der Waals surface area contributed by atoms with Gasteiger partial charge >= 0.3 is 0 Å². The molecule has 40 heavy (non-hydrogen) atoms. The van der Waals surface area contributed by atoms with Gasteiger partial charge in [0.1, 0.15) is 22.8 Å². The number of rotatable bonds is 4. The summed E-state index contributed by atoms with van der Waals surface area (Å²) in [6, 6.07) is 41.0. The first-order valence-electron chi connectivity index (χ1n) is 13.2. The summed E-state index contributed by atoms with van der Waals surface area (Å²) in [5.41, 5.74) is 7.91. The molecule has 0 N–H and O–H groups in total. The molecule has 5 nitrogen and oxygen atoms in total. The highest BCUT2D eigenvalue weighted by atomic mass is 16.5. The van der Waals surface area contributed by atoms with Crippen LogP contribution < -0.4 is 4.74 Å². The summed E-state index contributed by atoms with van der Waals surface area (Å²) in [5, 5.41) is 3.18. The van der Waals surface area contributed by atoms with Gasteiger partial charge in [-0.25, -0.2) is 9.97 Å². The first kappa shape index (κ1) is 22.4. The molecule has 0 aliphatic rings. The Morgan fingerprint density at radius 2 is 1.35 bits per heavy atom. The number of hydrogen-bond donors (Lipinski definition) is 0. The number of para-hydroxylation sites is 2. The van der Waals surface area contributed by atoms with Gasteiger partial charge in [0.25, 0.3) is 0 Å². The first-order chi connectivity index (χ1) is 19.8. The molecule has 0 atom stereocenters. The number of imidazole rings is 1. The molecule has 0 bridgehead atoms. The van der Waals surface area contributed by atoms with Gasteiger partial charge in [0, 0.05) is 28.7 Å². The van der Waals surface area contributed by atoms with E-state index in [1.165, 1.54) is 0 Å². The van der Waals surface area contributed by atoms with Gasteiger partial charge in [-0.15, -0.1) is 0 Å². The third kappa shape index (κ3) is 3.68. The maximum atomic E-state index is 6.42. The van der Waals surface area contributed by atoms with Crippen molar-refractivity contribution in [1.82, 2.24) is 19.4 Å². The average Bonchev–Trinajstić information content (AvgIpc) is 3.42. The van der Waals surface area contributed by atoms with Crippen LogP contribution >= 0.6 is 0 Å². The third-order valence-corrected chi connectivity index (χ3v) is 7.31. The second-order valence-corrected chi connectivity index (χ2v) is 9.77. The van der Waals surface area contributed by atoms with E-state index in [1.807, 2.05) is 85.2 Å². The maximum absolute atomic E-state index is 6.42. The number of benzene rings is 4. The van der Waals surface area contributed by atoms with Crippen LogP contribution in [0.5, 0.6) is 11.5 Å². The Bertz CT molecular complexity index is 2200. The molecular formula is C35H22N4O. The smallest absolute Gasteiger partial charge is 0.147 e. The number of ether oxygens (including phenoxy) is 1. The monoisotopic (exact) mass is 514 g/mol. The van der Waals surface area contributed by atoms with Crippen LogP contribution in [0, 0.1) is 0 Å². The van der Waals surface area contributed by atoms with Crippen LogP contribution in [0.25, 0.3) is 60.9 Å². The Hall–Kier alpha value is -5.55. The molecule has 0 radical (unpaired) electrons. The van der Waals surface area contributed by atoms with Crippen molar-refractivity contribution in [3.8, 4) is 33.9 Å². The number of pyridine rings is 3. The Morgan fingerprint density at radius 1 is 0.500 bits per heavy atom. The fourth-order valence-electron chi connectivity index (χ4n) is 5.47. The summed E-state index contributed by atoms with van der Waals surface area (Å²) < 4.78 is 8.56. The van der Waals surface area contributed by atoms with Crippen molar-refractivity contribution in [3.63, 3.8) is 0 Å². The molecule has 8 rings (SSSR count). The molecule has 8 aromatic rings. The van der Waals surface area contributed by atoms with E-state index in [-0.39, 0.29) is 0 Å². The Balaban J connectivity index is 1.22. The lowest BCUT2D eigenvalue weighted by Crippen LogP contribution is -1.94. The standard InChI is InChI=1S/C35H22N4O/c1-2-8-23(9-3-1)24-17-19-36-32(21-24)25-10-6-11-26(20-25)40-27-15-16-28-29-12-7-18-37-34(29)39-33-14-5-4-13-31(33)38-35(39)30(28)22-27/h1-22H. The predicted molar refractivity (Wildman–Crippen MR) is 161 cm³/mol. The summed E-state index contributed by atoms with van der Waals surface area (Å²) >= 11 is 0. The minimum Gasteiger partial charge on any atom is -0.457 e. The van der Waals surface area contributed by atoms with E-state index in [4.69, 9.17) is 14.7 Å². The molecule has 0 aliphatic heterocycles. The van der Waals surface area contributed by atoms with Crippen LogP contribution in [0.2, 0.25) is 0 Å². The highest BCUT2D eigenvalue weighted by Crippen LogP contribution is 2.35. The van der Waals surface area contributed by atoms with E-state index < -0.39 is 0 Å². The van der Waals surface area contributed by atoms with Crippen LogP contribution in [0.1, 0.15) is 0 Å². The Kier molecular flexibility index (Phi) is 5.07. The molecule has 0 fully saturated rings. The van der Waals surface area contributed by atoms with E-state index in [0.717, 1.165) is 72.4 Å². The van der Waals surface area contributed by atoms with E-state index in [0.29, 0.717) is 0 Å². The molecule has 4 heterocycles. The van der Waals surface area contributed by atoms with Crippen LogP contribution in [-0.4, -0.2) is 19.4 Å². The fourth-order valence-corrected chi connectivity index (χ4v) is 5.47. The first-order valence-corrected chi connectivity index (χ1v) is 13.2. The molecule has 4 aromatic heterocycles. The van der Waals surface area contributed by atoms with Gasteiger partial charge in [0.15, 0.2) is 0 Å². The topological polar surface area (TPSA) is 52.3 Å². The summed E-state index contributed by atoms with van der Waals surface area (Å²) in [6.07, 6.45) is 3.69. The molecule has 0 saturated carbocycles. The van der Waals surface area contributed by atoms with E-state index in [1.54, 1.807) is 0 Å². The summed E-state index contributed by atoms with van der Waals surface area (Å²) in [4.78, 5) is 14.3. The van der Waals surface area contributed by atoms with Gasteiger partial charge in [-0.05, 0) is 83.2 Å². The molecule has 5 heteroatoms. The molecule has 0 saturated heterocycles. The quantitative estimate of drug-likeness (QED) is 0.220. The molecule has 188 valence electrons. The van der Waals surface area contributed by atoms with Crippen molar-refractivity contribution < 1.29 is 4.74 Å². The zero-order valence-electron chi connectivity index (χ0n) is 21.4. The molecular weight excluding hydrogens is 492 g/mol. The van der Waals surface area contributed by atoms with Crippen molar-refractivity contribution in [2.24, 2.45) is 0 Å². The van der Waals surface area contributed by atoms with E-state index in [2.05, 4.69) is 57.9 Å². The second kappa shape index (κ2) is 9.03. The van der Waals surface area contributed by atoms with E-state index >= 15 is 0 Å². The second-order valence-electron chi connectivity index (χ2n) is 9.77. The van der Waals surface area contributed by atoms with Gasteiger partial charge in [-0.1, -0.05) is 54.6 Å². The van der Waals surface area contributed by atoms with Gasteiger partial charge in [0.2, 0.25) is 0 Å².